The van der Waals surface area contributed by atoms with Crippen LogP contribution >= 0.6 is 11.6 Å². The van der Waals surface area contributed by atoms with E-state index in [9.17, 15) is 9.18 Å². The number of hydrazone groups is 1. The number of furan rings is 1. The second kappa shape index (κ2) is 7.86. The first-order chi connectivity index (χ1) is 13.6. The Morgan fingerprint density at radius 1 is 1.21 bits per heavy atom. The van der Waals surface area contributed by atoms with Gasteiger partial charge in [0.2, 0.25) is 0 Å². The Morgan fingerprint density at radius 2 is 2.04 bits per heavy atom. The highest BCUT2D eigenvalue weighted by Gasteiger charge is 2.34. The lowest BCUT2D eigenvalue weighted by molar-refractivity contribution is -0.131. The minimum atomic E-state index is -0.366. The third kappa shape index (κ3) is 3.92. The van der Waals surface area contributed by atoms with Gasteiger partial charge in [-0.3, -0.25) is 4.79 Å². The number of anilines is 1. The molecule has 0 aliphatic carbocycles. The maximum atomic E-state index is 13.3. The van der Waals surface area contributed by atoms with Crippen molar-refractivity contribution < 1.29 is 13.6 Å². The fourth-order valence-electron chi connectivity index (χ4n) is 3.12. The molecule has 142 valence electrons. The van der Waals surface area contributed by atoms with Crippen molar-refractivity contribution in [1.29, 1.82) is 0 Å². The van der Waals surface area contributed by atoms with Gasteiger partial charge in [0.25, 0.3) is 5.91 Å². The number of hydrogen-bond donors (Lipinski definition) is 1. The van der Waals surface area contributed by atoms with Crippen molar-refractivity contribution in [3.05, 3.63) is 89.1 Å². The van der Waals surface area contributed by atoms with Gasteiger partial charge in [-0.05, 0) is 48.0 Å². The lowest BCUT2D eigenvalue weighted by Crippen LogP contribution is -2.32. The van der Waals surface area contributed by atoms with Crippen molar-refractivity contribution in [2.45, 2.75) is 12.5 Å². The molecule has 1 atom stereocenters. The Bertz CT molecular complexity index is 1000. The van der Waals surface area contributed by atoms with E-state index < -0.39 is 0 Å². The zero-order valence-corrected chi connectivity index (χ0v) is 15.6. The van der Waals surface area contributed by atoms with Crippen LogP contribution in [-0.2, 0) is 4.79 Å². The lowest BCUT2D eigenvalue weighted by Gasteiger charge is -2.20. The lowest BCUT2D eigenvalue weighted by atomic mass is 10.0. The highest BCUT2D eigenvalue weighted by Crippen LogP contribution is 2.33. The molecule has 5 nitrogen and oxygen atoms in total. The second-order valence-electron chi connectivity index (χ2n) is 6.39. The van der Waals surface area contributed by atoms with E-state index in [1.807, 2.05) is 18.2 Å². The summed E-state index contributed by atoms with van der Waals surface area (Å²) < 4.78 is 18.9. The molecule has 2 aromatic carbocycles. The zero-order valence-electron chi connectivity index (χ0n) is 14.8. The van der Waals surface area contributed by atoms with E-state index in [0.717, 1.165) is 11.3 Å². The molecular weight excluding hydrogens is 381 g/mol. The van der Waals surface area contributed by atoms with Gasteiger partial charge in [-0.25, -0.2) is 9.40 Å². The van der Waals surface area contributed by atoms with Gasteiger partial charge >= 0.3 is 0 Å². The van der Waals surface area contributed by atoms with Crippen molar-refractivity contribution in [2.75, 3.05) is 11.9 Å². The van der Waals surface area contributed by atoms with Crippen LogP contribution in [0.15, 0.2) is 76.4 Å². The van der Waals surface area contributed by atoms with Crippen molar-refractivity contribution in [3.8, 4) is 0 Å². The zero-order chi connectivity index (χ0) is 19.5. The number of hydrogen-bond acceptors (Lipinski definition) is 4. The first kappa shape index (κ1) is 18.3. The SMILES string of the molecule is O=C(CNc1cccc(F)c1)N1N=C(c2ccc(Cl)cc2)CC1c1ccco1. The molecule has 0 saturated heterocycles. The van der Waals surface area contributed by atoms with E-state index in [-0.39, 0.29) is 24.3 Å². The Morgan fingerprint density at radius 3 is 2.75 bits per heavy atom. The van der Waals surface area contributed by atoms with Gasteiger partial charge in [-0.2, -0.15) is 5.10 Å². The highest BCUT2D eigenvalue weighted by atomic mass is 35.5. The van der Waals surface area contributed by atoms with Crippen LogP contribution in [0.2, 0.25) is 5.02 Å². The van der Waals surface area contributed by atoms with Gasteiger partial charge in [0.1, 0.15) is 17.6 Å². The van der Waals surface area contributed by atoms with Gasteiger partial charge in [-0.15, -0.1) is 0 Å². The number of nitrogens with one attached hydrogen (secondary N) is 1. The van der Waals surface area contributed by atoms with Crippen LogP contribution in [-0.4, -0.2) is 23.2 Å². The molecule has 1 aliphatic heterocycles. The number of amides is 1. The first-order valence-electron chi connectivity index (χ1n) is 8.78. The molecule has 1 unspecified atom stereocenters. The van der Waals surface area contributed by atoms with Gasteiger partial charge < -0.3 is 9.73 Å². The van der Waals surface area contributed by atoms with Crippen LogP contribution in [0.25, 0.3) is 0 Å². The number of benzene rings is 2. The van der Waals surface area contributed by atoms with Crippen LogP contribution in [0.5, 0.6) is 0 Å². The Balaban J connectivity index is 1.55. The number of carbonyl (C=O) groups excluding carboxylic acids is 1. The largest absolute Gasteiger partial charge is 0.467 e. The molecular formula is C21H17ClFN3O2. The first-order valence-corrected chi connectivity index (χ1v) is 9.16. The molecule has 1 aliphatic rings. The number of rotatable bonds is 5. The van der Waals surface area contributed by atoms with Crippen molar-refractivity contribution in [1.82, 2.24) is 5.01 Å². The van der Waals surface area contributed by atoms with Gasteiger partial charge in [0.05, 0.1) is 18.5 Å². The van der Waals surface area contributed by atoms with E-state index in [1.165, 1.54) is 17.1 Å². The fraction of sp³-hybridized carbons (Fsp3) is 0.143. The third-order valence-corrected chi connectivity index (χ3v) is 4.74. The topological polar surface area (TPSA) is 57.8 Å². The van der Waals surface area contributed by atoms with Crippen molar-refractivity contribution in [2.24, 2.45) is 5.10 Å². The van der Waals surface area contributed by atoms with Crippen LogP contribution < -0.4 is 5.32 Å². The van der Waals surface area contributed by atoms with Crippen molar-refractivity contribution >= 4 is 28.9 Å². The summed E-state index contributed by atoms with van der Waals surface area (Å²) in [5, 5.41) is 9.54. The average Bonchev–Trinajstić information content (AvgIpc) is 3.36. The molecule has 0 fully saturated rings. The monoisotopic (exact) mass is 397 g/mol. The highest BCUT2D eigenvalue weighted by molar-refractivity contribution is 6.30. The maximum absolute atomic E-state index is 13.3. The quantitative estimate of drug-likeness (QED) is 0.668. The molecule has 3 aromatic rings. The molecule has 28 heavy (non-hydrogen) atoms. The smallest absolute Gasteiger partial charge is 0.262 e. The average molecular weight is 398 g/mol. The summed E-state index contributed by atoms with van der Waals surface area (Å²) in [6, 6.07) is 16.6. The Kier molecular flexibility index (Phi) is 5.12. The standard InChI is InChI=1S/C21H17ClFN3O2/c22-15-8-6-14(7-9-15)18-12-19(20-5-2-10-28-20)26(25-18)21(27)13-24-17-4-1-3-16(23)11-17/h1-11,19,24H,12-13H2. The van der Waals surface area contributed by atoms with E-state index in [4.69, 9.17) is 16.0 Å². The van der Waals surface area contributed by atoms with E-state index in [2.05, 4.69) is 10.4 Å². The van der Waals surface area contributed by atoms with Crippen LogP contribution in [0.1, 0.15) is 23.8 Å². The van der Waals surface area contributed by atoms with Gasteiger partial charge in [0, 0.05) is 17.1 Å². The van der Waals surface area contributed by atoms with E-state index in [0.29, 0.717) is 22.9 Å². The van der Waals surface area contributed by atoms with Crippen molar-refractivity contribution in [3.63, 3.8) is 0 Å². The Hall–Kier alpha value is -3.12. The molecule has 0 bridgehead atoms. The number of halogens is 2. The molecule has 0 spiro atoms. The van der Waals surface area contributed by atoms with Gasteiger partial charge in [0.15, 0.2) is 0 Å². The summed E-state index contributed by atoms with van der Waals surface area (Å²) in [5.41, 5.74) is 2.20. The molecule has 2 heterocycles. The minimum Gasteiger partial charge on any atom is -0.467 e. The summed E-state index contributed by atoms with van der Waals surface area (Å²) in [7, 11) is 0. The number of carbonyl (C=O) groups is 1. The molecule has 1 aromatic heterocycles. The van der Waals surface area contributed by atoms with E-state index in [1.54, 1.807) is 36.6 Å². The summed E-state index contributed by atoms with van der Waals surface area (Å²) >= 11 is 5.96. The molecule has 1 N–H and O–H groups in total. The molecule has 1 amide bonds. The van der Waals surface area contributed by atoms with Crippen LogP contribution in [0.4, 0.5) is 10.1 Å². The minimum absolute atomic E-state index is 0.0158. The van der Waals surface area contributed by atoms with Crippen LogP contribution in [0.3, 0.4) is 0 Å². The predicted molar refractivity (Wildman–Crippen MR) is 106 cm³/mol. The molecule has 7 heteroatoms. The third-order valence-electron chi connectivity index (χ3n) is 4.48. The Labute approximate surface area is 166 Å². The number of nitrogens with zero attached hydrogens (tertiary/aromatic N) is 2. The molecule has 4 rings (SSSR count). The summed E-state index contributed by atoms with van der Waals surface area (Å²) in [5.74, 6) is 0.0524. The normalized spacial score (nSPS) is 16.1. The molecule has 0 radical (unpaired) electrons. The van der Waals surface area contributed by atoms with E-state index >= 15 is 0 Å². The maximum Gasteiger partial charge on any atom is 0.262 e. The van der Waals surface area contributed by atoms with Crippen LogP contribution in [0, 0.1) is 5.82 Å². The predicted octanol–water partition coefficient (Wildman–Crippen LogP) is 4.86. The second-order valence-corrected chi connectivity index (χ2v) is 6.83. The fourth-order valence-corrected chi connectivity index (χ4v) is 3.24. The summed E-state index contributed by atoms with van der Waals surface area (Å²) in [4.78, 5) is 12.8. The summed E-state index contributed by atoms with van der Waals surface area (Å²) in [6.07, 6.45) is 2.10. The molecule has 0 saturated carbocycles. The van der Waals surface area contributed by atoms with Gasteiger partial charge in [-0.1, -0.05) is 29.8 Å². The summed E-state index contributed by atoms with van der Waals surface area (Å²) in [6.45, 7) is -0.0158.